The molecule has 0 aromatic heterocycles. The van der Waals surface area contributed by atoms with Crippen LogP contribution in [-0.2, 0) is 19.1 Å². The fourth-order valence-corrected chi connectivity index (χ4v) is 2.57. The number of nitrogens with zero attached hydrogens (tertiary/aromatic N) is 2. The minimum Gasteiger partial charge on any atom is -0.466 e. The van der Waals surface area contributed by atoms with Crippen LogP contribution in [0.25, 0.3) is 0 Å². The van der Waals surface area contributed by atoms with Crippen LogP contribution >= 0.6 is 0 Å². The first-order chi connectivity index (χ1) is 10.6. The molecule has 1 unspecified atom stereocenters. The molecule has 0 saturated carbocycles. The van der Waals surface area contributed by atoms with Gasteiger partial charge in [-0.25, -0.2) is 0 Å². The molecule has 22 heavy (non-hydrogen) atoms. The second kappa shape index (κ2) is 10.6. The molecule has 0 N–H and O–H groups in total. The van der Waals surface area contributed by atoms with Crippen molar-refractivity contribution < 1.29 is 19.1 Å². The Hall–Kier alpha value is -1.14. The number of esters is 1. The lowest BCUT2D eigenvalue weighted by molar-refractivity contribution is -0.146. The van der Waals surface area contributed by atoms with E-state index >= 15 is 0 Å². The lowest BCUT2D eigenvalue weighted by atomic mass is 10.2. The van der Waals surface area contributed by atoms with Crippen molar-refractivity contribution in [3.8, 4) is 0 Å². The molecular weight excluding hydrogens is 284 g/mol. The van der Waals surface area contributed by atoms with E-state index in [0.29, 0.717) is 26.3 Å². The van der Waals surface area contributed by atoms with Crippen molar-refractivity contribution in [2.24, 2.45) is 0 Å². The first kappa shape index (κ1) is 18.9. The standard InChI is InChI=1S/C16H30N2O4/c1-4-17(5-2)11-12-18(10-9-15(19)21-6-3)16(20)14-8-7-13-22-14/h14H,4-13H2,1-3H3. The van der Waals surface area contributed by atoms with Crippen molar-refractivity contribution in [1.29, 1.82) is 0 Å². The fourth-order valence-electron chi connectivity index (χ4n) is 2.57. The van der Waals surface area contributed by atoms with Crippen LogP contribution < -0.4 is 0 Å². The molecule has 6 nitrogen and oxygen atoms in total. The molecule has 1 rings (SSSR count). The van der Waals surface area contributed by atoms with Crippen LogP contribution in [0.1, 0.15) is 40.0 Å². The summed E-state index contributed by atoms with van der Waals surface area (Å²) in [6.45, 7) is 10.8. The highest BCUT2D eigenvalue weighted by Gasteiger charge is 2.28. The molecule has 1 atom stereocenters. The van der Waals surface area contributed by atoms with E-state index in [0.717, 1.165) is 32.5 Å². The van der Waals surface area contributed by atoms with Gasteiger partial charge in [-0.05, 0) is 32.9 Å². The third-order valence-corrected chi connectivity index (χ3v) is 3.99. The SMILES string of the molecule is CCOC(=O)CCN(CCN(CC)CC)C(=O)C1CCCO1. The maximum absolute atomic E-state index is 12.5. The smallest absolute Gasteiger partial charge is 0.307 e. The number of ether oxygens (including phenoxy) is 2. The normalized spacial score (nSPS) is 17.7. The number of amides is 1. The first-order valence-electron chi connectivity index (χ1n) is 8.40. The molecule has 1 heterocycles. The van der Waals surface area contributed by atoms with E-state index in [1.54, 1.807) is 11.8 Å². The maximum Gasteiger partial charge on any atom is 0.307 e. The summed E-state index contributed by atoms with van der Waals surface area (Å²) in [6, 6.07) is 0. The van der Waals surface area contributed by atoms with E-state index in [2.05, 4.69) is 18.7 Å². The lowest BCUT2D eigenvalue weighted by Gasteiger charge is -2.28. The van der Waals surface area contributed by atoms with E-state index < -0.39 is 0 Å². The molecule has 1 aliphatic heterocycles. The summed E-state index contributed by atoms with van der Waals surface area (Å²) in [4.78, 5) is 28.1. The van der Waals surface area contributed by atoms with Gasteiger partial charge in [0.15, 0.2) is 0 Å². The second-order valence-electron chi connectivity index (χ2n) is 5.41. The van der Waals surface area contributed by atoms with Crippen molar-refractivity contribution in [3.05, 3.63) is 0 Å². The molecule has 0 aromatic rings. The number of carbonyl (C=O) groups excluding carboxylic acids is 2. The number of hydrogen-bond donors (Lipinski definition) is 0. The molecule has 0 bridgehead atoms. The minimum absolute atomic E-state index is 0.00829. The van der Waals surface area contributed by atoms with E-state index in [4.69, 9.17) is 9.47 Å². The summed E-state index contributed by atoms with van der Waals surface area (Å²) < 4.78 is 10.4. The van der Waals surface area contributed by atoms with Gasteiger partial charge in [0, 0.05) is 26.2 Å². The highest BCUT2D eigenvalue weighted by atomic mass is 16.5. The molecular formula is C16H30N2O4. The Morgan fingerprint density at radius 3 is 2.41 bits per heavy atom. The van der Waals surface area contributed by atoms with Crippen LogP contribution in [0, 0.1) is 0 Å². The third-order valence-electron chi connectivity index (χ3n) is 3.99. The number of rotatable bonds is 10. The molecule has 128 valence electrons. The molecule has 0 aromatic carbocycles. The summed E-state index contributed by atoms with van der Waals surface area (Å²) in [5.74, 6) is -0.246. The van der Waals surface area contributed by atoms with Crippen molar-refractivity contribution in [2.45, 2.75) is 46.1 Å². The van der Waals surface area contributed by atoms with Crippen molar-refractivity contribution in [3.63, 3.8) is 0 Å². The topological polar surface area (TPSA) is 59.1 Å². The third kappa shape index (κ3) is 6.32. The van der Waals surface area contributed by atoms with E-state index in [1.807, 2.05) is 0 Å². The van der Waals surface area contributed by atoms with Crippen LogP contribution in [0.15, 0.2) is 0 Å². The fraction of sp³-hybridized carbons (Fsp3) is 0.875. The lowest BCUT2D eigenvalue weighted by Crippen LogP contribution is -2.44. The van der Waals surface area contributed by atoms with E-state index in [-0.39, 0.29) is 24.4 Å². The van der Waals surface area contributed by atoms with Gasteiger partial charge >= 0.3 is 5.97 Å². The zero-order valence-corrected chi connectivity index (χ0v) is 14.2. The highest BCUT2D eigenvalue weighted by Crippen LogP contribution is 2.15. The van der Waals surface area contributed by atoms with Gasteiger partial charge in [-0.1, -0.05) is 13.8 Å². The average molecular weight is 314 g/mol. The number of carbonyl (C=O) groups is 2. The Bertz CT molecular complexity index is 339. The van der Waals surface area contributed by atoms with Crippen molar-refractivity contribution in [1.82, 2.24) is 9.80 Å². The van der Waals surface area contributed by atoms with Crippen molar-refractivity contribution in [2.75, 3.05) is 45.9 Å². The predicted molar refractivity (Wildman–Crippen MR) is 84.6 cm³/mol. The van der Waals surface area contributed by atoms with Crippen LogP contribution in [0.3, 0.4) is 0 Å². The van der Waals surface area contributed by atoms with Crippen LogP contribution in [-0.4, -0.2) is 73.7 Å². The maximum atomic E-state index is 12.5. The Morgan fingerprint density at radius 2 is 1.86 bits per heavy atom. The molecule has 1 amide bonds. The second-order valence-corrected chi connectivity index (χ2v) is 5.41. The Morgan fingerprint density at radius 1 is 1.14 bits per heavy atom. The van der Waals surface area contributed by atoms with Crippen molar-refractivity contribution >= 4 is 11.9 Å². The summed E-state index contributed by atoms with van der Waals surface area (Å²) in [5, 5.41) is 0. The number of likely N-dealkylation sites (N-methyl/N-ethyl adjacent to an activating group) is 1. The van der Waals surface area contributed by atoms with Gasteiger partial charge in [0.1, 0.15) is 6.10 Å². The molecule has 1 aliphatic rings. The average Bonchev–Trinajstić information content (AvgIpc) is 3.05. The van der Waals surface area contributed by atoms with Crippen LogP contribution in [0.5, 0.6) is 0 Å². The largest absolute Gasteiger partial charge is 0.466 e. The van der Waals surface area contributed by atoms with Crippen LogP contribution in [0.4, 0.5) is 0 Å². The van der Waals surface area contributed by atoms with E-state index in [1.165, 1.54) is 0 Å². The molecule has 1 fully saturated rings. The molecule has 0 aliphatic carbocycles. The summed E-state index contributed by atoms with van der Waals surface area (Å²) in [5.41, 5.74) is 0. The Kier molecular flexibility index (Phi) is 9.08. The highest BCUT2D eigenvalue weighted by molar-refractivity contribution is 5.81. The Balaban J connectivity index is 2.54. The van der Waals surface area contributed by atoms with Gasteiger partial charge in [-0.15, -0.1) is 0 Å². The first-order valence-corrected chi connectivity index (χ1v) is 8.40. The monoisotopic (exact) mass is 314 g/mol. The quantitative estimate of drug-likeness (QED) is 0.569. The summed E-state index contributed by atoms with van der Waals surface area (Å²) >= 11 is 0. The van der Waals surface area contributed by atoms with Gasteiger partial charge in [0.25, 0.3) is 5.91 Å². The Labute approximate surface area is 133 Å². The van der Waals surface area contributed by atoms with Gasteiger partial charge in [0.2, 0.25) is 0 Å². The molecule has 6 heteroatoms. The van der Waals surface area contributed by atoms with Gasteiger partial charge < -0.3 is 19.3 Å². The zero-order valence-electron chi connectivity index (χ0n) is 14.2. The molecule has 0 spiro atoms. The van der Waals surface area contributed by atoms with Gasteiger partial charge in [-0.3, -0.25) is 9.59 Å². The minimum atomic E-state index is -0.334. The van der Waals surface area contributed by atoms with Gasteiger partial charge in [0.05, 0.1) is 13.0 Å². The van der Waals surface area contributed by atoms with Gasteiger partial charge in [-0.2, -0.15) is 0 Å². The predicted octanol–water partition coefficient (Wildman–Crippen LogP) is 1.29. The van der Waals surface area contributed by atoms with E-state index in [9.17, 15) is 9.59 Å². The molecule has 0 radical (unpaired) electrons. The molecule has 1 saturated heterocycles. The zero-order chi connectivity index (χ0) is 16.4. The summed E-state index contributed by atoms with van der Waals surface area (Å²) in [7, 11) is 0. The van der Waals surface area contributed by atoms with Crippen LogP contribution in [0.2, 0.25) is 0 Å². The summed E-state index contributed by atoms with van der Waals surface area (Å²) in [6.07, 6.45) is 1.61. The number of hydrogen-bond acceptors (Lipinski definition) is 5.